The lowest BCUT2D eigenvalue weighted by Crippen LogP contribution is -2.22. The first-order chi connectivity index (χ1) is 8.74. The number of halogens is 1. The summed E-state index contributed by atoms with van der Waals surface area (Å²) in [6.45, 7) is 3.20. The quantitative estimate of drug-likeness (QED) is 0.856. The standard InChI is InChI=1S/C14H18BrNO2/c1-2-6-16-12(5-7-17)14-9-10-8-11(15)3-4-13(10)18-14/h3-4,8-9,12,16-17H,2,5-7H2,1H3. The molecule has 0 bridgehead atoms. The van der Waals surface area contributed by atoms with Gasteiger partial charge < -0.3 is 14.8 Å². The minimum atomic E-state index is 0.0844. The molecule has 1 unspecified atom stereocenters. The second kappa shape index (κ2) is 6.36. The van der Waals surface area contributed by atoms with Crippen LogP contribution in [0.25, 0.3) is 11.0 Å². The second-order valence-corrected chi connectivity index (χ2v) is 5.27. The normalized spacial score (nSPS) is 13.1. The lowest BCUT2D eigenvalue weighted by atomic mass is 10.1. The van der Waals surface area contributed by atoms with E-state index in [1.807, 2.05) is 24.3 Å². The zero-order chi connectivity index (χ0) is 13.0. The highest BCUT2D eigenvalue weighted by molar-refractivity contribution is 9.10. The number of rotatable bonds is 6. The highest BCUT2D eigenvalue weighted by Crippen LogP contribution is 2.27. The first kappa shape index (κ1) is 13.6. The van der Waals surface area contributed by atoms with E-state index in [9.17, 15) is 0 Å². The van der Waals surface area contributed by atoms with E-state index in [-0.39, 0.29) is 12.6 Å². The van der Waals surface area contributed by atoms with Gasteiger partial charge in [-0.25, -0.2) is 0 Å². The van der Waals surface area contributed by atoms with Crippen molar-refractivity contribution in [3.05, 3.63) is 34.5 Å². The molecule has 0 radical (unpaired) electrons. The molecule has 0 aliphatic rings. The minimum Gasteiger partial charge on any atom is -0.459 e. The summed E-state index contributed by atoms with van der Waals surface area (Å²) < 4.78 is 6.88. The number of nitrogens with one attached hydrogen (secondary N) is 1. The maximum Gasteiger partial charge on any atom is 0.134 e. The van der Waals surface area contributed by atoms with E-state index in [4.69, 9.17) is 9.52 Å². The van der Waals surface area contributed by atoms with Crippen LogP contribution in [0.2, 0.25) is 0 Å². The van der Waals surface area contributed by atoms with E-state index in [1.165, 1.54) is 0 Å². The smallest absolute Gasteiger partial charge is 0.134 e. The van der Waals surface area contributed by atoms with Crippen LogP contribution in [0.3, 0.4) is 0 Å². The van der Waals surface area contributed by atoms with Gasteiger partial charge in [-0.3, -0.25) is 0 Å². The molecule has 0 amide bonds. The third kappa shape index (κ3) is 3.13. The largest absolute Gasteiger partial charge is 0.459 e. The molecule has 1 heterocycles. The molecule has 1 aromatic heterocycles. The molecule has 0 saturated carbocycles. The van der Waals surface area contributed by atoms with E-state index < -0.39 is 0 Å². The number of hydrogen-bond acceptors (Lipinski definition) is 3. The van der Waals surface area contributed by atoms with Gasteiger partial charge in [0.1, 0.15) is 11.3 Å². The molecule has 2 rings (SSSR count). The van der Waals surface area contributed by atoms with Crippen molar-refractivity contribution in [3.63, 3.8) is 0 Å². The molecule has 3 nitrogen and oxygen atoms in total. The van der Waals surface area contributed by atoms with Crippen LogP contribution in [0.1, 0.15) is 31.6 Å². The second-order valence-electron chi connectivity index (χ2n) is 4.35. The Kier molecular flexibility index (Phi) is 4.80. The number of fused-ring (bicyclic) bond motifs is 1. The molecule has 0 aliphatic heterocycles. The van der Waals surface area contributed by atoms with Gasteiger partial charge >= 0.3 is 0 Å². The van der Waals surface area contributed by atoms with Crippen molar-refractivity contribution in [2.24, 2.45) is 0 Å². The predicted molar refractivity (Wildman–Crippen MR) is 76.7 cm³/mol. The SMILES string of the molecule is CCCNC(CCO)c1cc2cc(Br)ccc2o1. The molecule has 0 saturated heterocycles. The van der Waals surface area contributed by atoms with Gasteiger partial charge in [-0.05, 0) is 43.7 Å². The van der Waals surface area contributed by atoms with E-state index in [2.05, 4.69) is 28.2 Å². The van der Waals surface area contributed by atoms with Crippen molar-refractivity contribution >= 4 is 26.9 Å². The van der Waals surface area contributed by atoms with Crippen molar-refractivity contribution in [2.45, 2.75) is 25.8 Å². The predicted octanol–water partition coefficient (Wildman–Crippen LogP) is 3.62. The van der Waals surface area contributed by atoms with E-state index >= 15 is 0 Å². The summed E-state index contributed by atoms with van der Waals surface area (Å²) in [5.74, 6) is 0.894. The number of aliphatic hydroxyl groups is 1. The van der Waals surface area contributed by atoms with E-state index in [0.717, 1.165) is 34.2 Å². The van der Waals surface area contributed by atoms with Crippen LogP contribution in [0.4, 0.5) is 0 Å². The zero-order valence-electron chi connectivity index (χ0n) is 10.4. The van der Waals surface area contributed by atoms with Gasteiger partial charge in [0.15, 0.2) is 0 Å². The molecule has 4 heteroatoms. The molecule has 1 aromatic carbocycles. The average Bonchev–Trinajstić information content (AvgIpc) is 2.77. The number of furan rings is 1. The maximum atomic E-state index is 9.13. The number of benzene rings is 1. The highest BCUT2D eigenvalue weighted by Gasteiger charge is 2.15. The summed E-state index contributed by atoms with van der Waals surface area (Å²) in [4.78, 5) is 0. The van der Waals surface area contributed by atoms with Crippen LogP contribution >= 0.6 is 15.9 Å². The van der Waals surface area contributed by atoms with Crippen LogP contribution in [0, 0.1) is 0 Å². The Labute approximate surface area is 115 Å². The first-order valence-corrected chi connectivity index (χ1v) is 7.07. The summed E-state index contributed by atoms with van der Waals surface area (Å²) in [6.07, 6.45) is 1.73. The fourth-order valence-corrected chi connectivity index (χ4v) is 2.38. The molecule has 1 atom stereocenters. The molecule has 98 valence electrons. The lowest BCUT2D eigenvalue weighted by Gasteiger charge is -2.14. The summed E-state index contributed by atoms with van der Waals surface area (Å²) >= 11 is 3.45. The van der Waals surface area contributed by atoms with Crippen LogP contribution in [0.15, 0.2) is 33.2 Å². The van der Waals surface area contributed by atoms with Gasteiger partial charge in [0, 0.05) is 16.5 Å². The number of hydrogen-bond donors (Lipinski definition) is 2. The van der Waals surface area contributed by atoms with Crippen molar-refractivity contribution in [1.82, 2.24) is 5.32 Å². The van der Waals surface area contributed by atoms with E-state index in [0.29, 0.717) is 6.42 Å². The maximum absolute atomic E-state index is 9.13. The van der Waals surface area contributed by atoms with Gasteiger partial charge in [-0.2, -0.15) is 0 Å². The third-order valence-electron chi connectivity index (χ3n) is 2.90. The van der Waals surface area contributed by atoms with Gasteiger partial charge in [0.25, 0.3) is 0 Å². The van der Waals surface area contributed by atoms with Crippen LogP contribution in [-0.4, -0.2) is 18.3 Å². The topological polar surface area (TPSA) is 45.4 Å². The van der Waals surface area contributed by atoms with Gasteiger partial charge in [0.05, 0.1) is 6.04 Å². The van der Waals surface area contributed by atoms with Gasteiger partial charge in [-0.1, -0.05) is 22.9 Å². The molecule has 0 spiro atoms. The van der Waals surface area contributed by atoms with Gasteiger partial charge in [0.2, 0.25) is 0 Å². The highest BCUT2D eigenvalue weighted by atomic mass is 79.9. The summed E-state index contributed by atoms with van der Waals surface area (Å²) in [6, 6.07) is 8.09. The molecule has 2 N–H and O–H groups in total. The summed E-state index contributed by atoms with van der Waals surface area (Å²) in [5.41, 5.74) is 0.884. The fourth-order valence-electron chi connectivity index (χ4n) is 2.00. The van der Waals surface area contributed by atoms with Crippen molar-refractivity contribution in [1.29, 1.82) is 0 Å². The lowest BCUT2D eigenvalue weighted by molar-refractivity contribution is 0.256. The first-order valence-electron chi connectivity index (χ1n) is 6.28. The average molecular weight is 312 g/mol. The Bertz CT molecular complexity index is 509. The van der Waals surface area contributed by atoms with Crippen molar-refractivity contribution in [2.75, 3.05) is 13.2 Å². The molecular weight excluding hydrogens is 294 g/mol. The Morgan fingerprint density at radius 2 is 2.22 bits per heavy atom. The van der Waals surface area contributed by atoms with Crippen LogP contribution in [-0.2, 0) is 0 Å². The third-order valence-corrected chi connectivity index (χ3v) is 3.39. The van der Waals surface area contributed by atoms with Gasteiger partial charge in [-0.15, -0.1) is 0 Å². The molecular formula is C14H18BrNO2. The summed E-state index contributed by atoms with van der Waals surface area (Å²) in [7, 11) is 0. The van der Waals surface area contributed by atoms with E-state index in [1.54, 1.807) is 0 Å². The Morgan fingerprint density at radius 3 is 2.94 bits per heavy atom. The van der Waals surface area contributed by atoms with Crippen LogP contribution in [0.5, 0.6) is 0 Å². The van der Waals surface area contributed by atoms with Crippen molar-refractivity contribution in [3.8, 4) is 0 Å². The molecule has 0 aliphatic carbocycles. The monoisotopic (exact) mass is 311 g/mol. The molecule has 0 fully saturated rings. The van der Waals surface area contributed by atoms with Crippen molar-refractivity contribution < 1.29 is 9.52 Å². The summed E-state index contributed by atoms with van der Waals surface area (Å²) in [5, 5.41) is 13.6. The minimum absolute atomic E-state index is 0.0844. The molecule has 18 heavy (non-hydrogen) atoms. The van der Waals surface area contributed by atoms with Crippen LogP contribution < -0.4 is 5.32 Å². The number of aliphatic hydroxyl groups excluding tert-OH is 1. The Hall–Kier alpha value is -0.840. The Balaban J connectivity index is 2.26. The Morgan fingerprint density at radius 1 is 1.39 bits per heavy atom. The zero-order valence-corrected chi connectivity index (χ0v) is 12.0. The fraction of sp³-hybridized carbons (Fsp3) is 0.429. The molecule has 2 aromatic rings.